The number of ether oxygens (including phenoxy) is 1. The number of hydrogen-bond donors (Lipinski definition) is 4. The maximum Gasteiger partial charge on any atom is 0.224 e. The van der Waals surface area contributed by atoms with Crippen LogP contribution in [0.2, 0.25) is 0 Å². The summed E-state index contributed by atoms with van der Waals surface area (Å²) in [6.45, 7) is 7.65. The zero-order chi connectivity index (χ0) is 29.1. The first-order chi connectivity index (χ1) is 19.9. The van der Waals surface area contributed by atoms with E-state index in [9.17, 15) is 10.4 Å². The Bertz CT molecular complexity index is 1130. The molecule has 0 saturated heterocycles. The minimum atomic E-state index is -0.467. The second-order valence-electron chi connectivity index (χ2n) is 12.5. The van der Waals surface area contributed by atoms with Gasteiger partial charge in [0.25, 0.3) is 0 Å². The van der Waals surface area contributed by atoms with Gasteiger partial charge in [0.1, 0.15) is 17.5 Å². The molecule has 0 spiro atoms. The summed E-state index contributed by atoms with van der Waals surface area (Å²) in [4.78, 5) is 13.2. The summed E-state index contributed by atoms with van der Waals surface area (Å²) in [6, 6.07) is 6.06. The molecule has 2 fully saturated rings. The first kappa shape index (κ1) is 31.0. The monoisotopic (exact) mass is 563 g/mol. The summed E-state index contributed by atoms with van der Waals surface area (Å²) in [5.74, 6) is 4.25. The fourth-order valence-electron chi connectivity index (χ4n) is 6.60. The quantitative estimate of drug-likeness (QED) is 0.234. The molecule has 0 aromatic carbocycles. The Kier molecular flexibility index (Phi) is 11.6. The van der Waals surface area contributed by atoms with E-state index in [0.29, 0.717) is 47.5 Å². The maximum absolute atomic E-state index is 10.3. The smallest absolute Gasteiger partial charge is 0.224 e. The van der Waals surface area contributed by atoms with Gasteiger partial charge < -0.3 is 25.8 Å². The van der Waals surface area contributed by atoms with Gasteiger partial charge in [0.2, 0.25) is 11.8 Å². The summed E-state index contributed by atoms with van der Waals surface area (Å²) in [7, 11) is 1.60. The largest absolute Gasteiger partial charge is 0.481 e. The van der Waals surface area contributed by atoms with Crippen LogP contribution in [0.25, 0.3) is 0 Å². The second-order valence-corrected chi connectivity index (χ2v) is 12.5. The van der Waals surface area contributed by atoms with Gasteiger partial charge >= 0.3 is 0 Å². The predicted octanol–water partition coefficient (Wildman–Crippen LogP) is 5.53. The van der Waals surface area contributed by atoms with Gasteiger partial charge in [-0.25, -0.2) is 9.97 Å². The molecule has 1 unspecified atom stereocenters. The van der Waals surface area contributed by atoms with E-state index in [2.05, 4.69) is 43.9 Å². The van der Waals surface area contributed by atoms with Gasteiger partial charge in [0, 0.05) is 24.8 Å². The summed E-state index contributed by atoms with van der Waals surface area (Å²) < 4.78 is 5.34. The number of rotatable bonds is 14. The van der Waals surface area contributed by atoms with E-state index < -0.39 is 5.60 Å². The van der Waals surface area contributed by atoms with E-state index in [1.165, 1.54) is 38.5 Å². The van der Waals surface area contributed by atoms with Crippen LogP contribution in [0.4, 0.5) is 11.8 Å². The Balaban J connectivity index is 1.32. The Labute approximate surface area is 245 Å². The molecular formula is C32H49N7O2. The van der Waals surface area contributed by atoms with Crippen molar-refractivity contribution in [3.8, 4) is 11.9 Å². The number of pyridine rings is 1. The van der Waals surface area contributed by atoms with Crippen LogP contribution in [0.3, 0.4) is 0 Å². The summed E-state index contributed by atoms with van der Waals surface area (Å²) in [6.07, 6.45) is 14.9. The minimum absolute atomic E-state index is 0.456. The SMILES string of the molecule is CCCCC1C[C@@H](CNCC2CCC(C)(O)CC2)C[C@H](CNc2nc(NCc3cccnc3OC)ncc2C#N)C1. The van der Waals surface area contributed by atoms with Crippen molar-refractivity contribution >= 4 is 11.8 Å². The number of nitrogens with zero attached hydrogens (tertiary/aromatic N) is 4. The second kappa shape index (κ2) is 15.3. The Hall–Kier alpha value is -2.96. The molecule has 224 valence electrons. The lowest BCUT2D eigenvalue weighted by Crippen LogP contribution is -2.37. The number of nitriles is 1. The highest BCUT2D eigenvalue weighted by atomic mass is 16.5. The molecule has 2 aromatic heterocycles. The summed E-state index contributed by atoms with van der Waals surface area (Å²) >= 11 is 0. The number of hydrogen-bond acceptors (Lipinski definition) is 9. The molecule has 0 bridgehead atoms. The molecule has 2 heterocycles. The molecule has 9 nitrogen and oxygen atoms in total. The number of unbranched alkanes of at least 4 members (excludes halogenated alkanes) is 1. The molecule has 2 aliphatic rings. The van der Waals surface area contributed by atoms with Crippen molar-refractivity contribution in [2.24, 2.45) is 23.7 Å². The Morgan fingerprint density at radius 2 is 1.78 bits per heavy atom. The zero-order valence-corrected chi connectivity index (χ0v) is 25.2. The molecule has 41 heavy (non-hydrogen) atoms. The highest BCUT2D eigenvalue weighted by molar-refractivity contribution is 5.53. The van der Waals surface area contributed by atoms with E-state index in [0.717, 1.165) is 56.8 Å². The molecular weight excluding hydrogens is 514 g/mol. The van der Waals surface area contributed by atoms with Crippen molar-refractivity contribution in [3.05, 3.63) is 35.7 Å². The average molecular weight is 564 g/mol. The molecule has 2 aromatic rings. The molecule has 0 aliphatic heterocycles. The normalized spacial score (nSPS) is 26.2. The number of methoxy groups -OCH3 is 1. The van der Waals surface area contributed by atoms with Gasteiger partial charge in [-0.05, 0) is 94.7 Å². The minimum Gasteiger partial charge on any atom is -0.481 e. The van der Waals surface area contributed by atoms with Crippen molar-refractivity contribution in [3.63, 3.8) is 0 Å². The van der Waals surface area contributed by atoms with Crippen LogP contribution >= 0.6 is 0 Å². The standard InChI is InChI=1S/C32H49N7O2/c1-4-5-7-24-14-25(19-34-18-23-9-11-32(2,40)12-10-23)16-26(15-24)20-36-29-28(17-33)22-38-31(39-29)37-21-27-8-6-13-35-30(27)41-3/h6,8,13,22-26,34,40H,4-5,7,9-12,14-16,18-21H2,1-3H3,(H2,36,37,38,39)/t23?,24?,25-,26-,32?/m1/s1. The van der Waals surface area contributed by atoms with Gasteiger partial charge in [-0.2, -0.15) is 10.2 Å². The third-order valence-electron chi connectivity index (χ3n) is 8.96. The highest BCUT2D eigenvalue weighted by Crippen LogP contribution is 2.37. The zero-order valence-electron chi connectivity index (χ0n) is 25.2. The van der Waals surface area contributed by atoms with Gasteiger partial charge in [0.15, 0.2) is 0 Å². The van der Waals surface area contributed by atoms with Crippen LogP contribution in [-0.2, 0) is 6.54 Å². The fraction of sp³-hybridized carbons (Fsp3) is 0.688. The van der Waals surface area contributed by atoms with Gasteiger partial charge in [-0.15, -0.1) is 0 Å². The van der Waals surface area contributed by atoms with E-state index >= 15 is 0 Å². The van der Waals surface area contributed by atoms with Crippen LogP contribution in [-0.4, -0.2) is 52.4 Å². The van der Waals surface area contributed by atoms with E-state index in [1.54, 1.807) is 19.5 Å². The predicted molar refractivity (Wildman–Crippen MR) is 163 cm³/mol. The lowest BCUT2D eigenvalue weighted by Gasteiger charge is -2.36. The van der Waals surface area contributed by atoms with Gasteiger partial charge in [0.05, 0.1) is 18.9 Å². The average Bonchev–Trinajstić information content (AvgIpc) is 2.99. The van der Waals surface area contributed by atoms with Crippen molar-refractivity contribution in [2.45, 2.75) is 90.2 Å². The molecule has 3 atom stereocenters. The summed E-state index contributed by atoms with van der Waals surface area (Å²) in [5, 5.41) is 30.5. The van der Waals surface area contributed by atoms with Crippen LogP contribution in [0.5, 0.6) is 5.88 Å². The number of aromatic nitrogens is 3. The molecule has 2 aliphatic carbocycles. The highest BCUT2D eigenvalue weighted by Gasteiger charge is 2.30. The fourth-order valence-corrected chi connectivity index (χ4v) is 6.60. The molecule has 9 heteroatoms. The molecule has 0 amide bonds. The topological polar surface area (TPSA) is 128 Å². The van der Waals surface area contributed by atoms with Crippen molar-refractivity contribution in [1.82, 2.24) is 20.3 Å². The van der Waals surface area contributed by atoms with E-state index in [4.69, 9.17) is 4.74 Å². The van der Waals surface area contributed by atoms with Gasteiger partial charge in [-0.1, -0.05) is 32.3 Å². The van der Waals surface area contributed by atoms with Crippen molar-refractivity contribution < 1.29 is 9.84 Å². The van der Waals surface area contributed by atoms with E-state index in [-0.39, 0.29) is 0 Å². The number of aliphatic hydroxyl groups is 1. The Morgan fingerprint density at radius 3 is 2.51 bits per heavy atom. The Morgan fingerprint density at radius 1 is 1.05 bits per heavy atom. The number of nitrogens with one attached hydrogen (secondary N) is 3. The van der Waals surface area contributed by atoms with Crippen LogP contribution in [0.15, 0.2) is 24.5 Å². The molecule has 4 rings (SSSR count). The van der Waals surface area contributed by atoms with Crippen molar-refractivity contribution in [1.29, 1.82) is 5.26 Å². The third-order valence-corrected chi connectivity index (χ3v) is 8.96. The summed E-state index contributed by atoms with van der Waals surface area (Å²) in [5.41, 5.74) is 0.899. The van der Waals surface area contributed by atoms with Crippen LogP contribution < -0.4 is 20.7 Å². The first-order valence-corrected chi connectivity index (χ1v) is 15.5. The van der Waals surface area contributed by atoms with Crippen LogP contribution in [0, 0.1) is 35.0 Å². The van der Waals surface area contributed by atoms with Gasteiger partial charge in [-0.3, -0.25) is 0 Å². The molecule has 0 radical (unpaired) electrons. The molecule has 2 saturated carbocycles. The lowest BCUT2D eigenvalue weighted by molar-refractivity contribution is 0.00799. The van der Waals surface area contributed by atoms with Crippen LogP contribution in [0.1, 0.15) is 89.2 Å². The van der Waals surface area contributed by atoms with E-state index in [1.807, 2.05) is 19.1 Å². The van der Waals surface area contributed by atoms with Crippen molar-refractivity contribution in [2.75, 3.05) is 37.4 Å². The number of anilines is 2. The first-order valence-electron chi connectivity index (χ1n) is 15.5. The third kappa shape index (κ3) is 9.54. The lowest BCUT2D eigenvalue weighted by atomic mass is 9.73. The molecule has 4 N–H and O–H groups in total. The maximum atomic E-state index is 10.3.